The van der Waals surface area contributed by atoms with Crippen molar-refractivity contribution in [2.75, 3.05) is 0 Å². The van der Waals surface area contributed by atoms with E-state index < -0.39 is 44.6 Å². The molecule has 3 unspecified atom stereocenters. The molecule has 1 aliphatic carbocycles. The highest BCUT2D eigenvalue weighted by atomic mass is 32.2. The van der Waals surface area contributed by atoms with E-state index in [-0.39, 0.29) is 17.9 Å². The monoisotopic (exact) mass is 359 g/mol. The third kappa shape index (κ3) is 2.71. The van der Waals surface area contributed by atoms with Gasteiger partial charge in [0.15, 0.2) is 0 Å². The van der Waals surface area contributed by atoms with Crippen LogP contribution in [-0.2, 0) is 14.8 Å². The van der Waals surface area contributed by atoms with E-state index in [9.17, 15) is 27.1 Å². The Hall–Kier alpha value is -1.54. The molecule has 1 aromatic carbocycles. The highest BCUT2D eigenvalue weighted by Gasteiger charge is 2.51. The Balaban J connectivity index is 2.09. The lowest BCUT2D eigenvalue weighted by atomic mass is 9.85. The Kier molecular flexibility index (Phi) is 4.37. The van der Waals surface area contributed by atoms with E-state index in [1.165, 1.54) is 6.92 Å². The first kappa shape index (κ1) is 17.3. The summed E-state index contributed by atoms with van der Waals surface area (Å²) in [6, 6.07) is -0.163. The molecule has 0 spiro atoms. The van der Waals surface area contributed by atoms with Crippen LogP contribution in [0.1, 0.15) is 37.7 Å². The van der Waals surface area contributed by atoms with Gasteiger partial charge in [0.1, 0.15) is 22.6 Å². The van der Waals surface area contributed by atoms with Gasteiger partial charge in [-0.15, -0.1) is 0 Å². The van der Waals surface area contributed by atoms with E-state index in [1.54, 1.807) is 0 Å². The quantitative estimate of drug-likeness (QED) is 0.900. The standard InChI is InChI=1S/C16H19F2NO4S/c1-9-6-15(12(18)8-11(9)17)24(22,23)19-13-5-3-2-4-10(13)7-14(19)16(20)21/h6,8,10,13-14H,2-5,7H2,1H3,(H,20,21). The van der Waals surface area contributed by atoms with Crippen molar-refractivity contribution in [3.8, 4) is 0 Å². The molecule has 3 rings (SSSR count). The summed E-state index contributed by atoms with van der Waals surface area (Å²) in [5, 5.41) is 9.45. The van der Waals surface area contributed by atoms with Crippen molar-refractivity contribution < 1.29 is 27.1 Å². The molecule has 0 bridgehead atoms. The number of aryl methyl sites for hydroxylation is 1. The second-order valence-electron chi connectivity index (χ2n) is 6.57. The van der Waals surface area contributed by atoms with Gasteiger partial charge in [0.2, 0.25) is 10.0 Å². The lowest BCUT2D eigenvalue weighted by molar-refractivity contribution is -0.141. The lowest BCUT2D eigenvalue weighted by Crippen LogP contribution is -2.46. The fraction of sp³-hybridized carbons (Fsp3) is 0.562. The molecule has 1 heterocycles. The van der Waals surface area contributed by atoms with Crippen LogP contribution in [0.4, 0.5) is 8.78 Å². The average Bonchev–Trinajstić information content (AvgIpc) is 2.91. The van der Waals surface area contributed by atoms with Gasteiger partial charge in [0.05, 0.1) is 0 Å². The second-order valence-corrected chi connectivity index (χ2v) is 8.38. The molecule has 0 radical (unpaired) electrons. The van der Waals surface area contributed by atoms with E-state index >= 15 is 0 Å². The fourth-order valence-corrected chi connectivity index (χ4v) is 5.92. The molecule has 132 valence electrons. The second kappa shape index (κ2) is 6.07. The molecule has 1 saturated heterocycles. The molecule has 2 aliphatic rings. The summed E-state index contributed by atoms with van der Waals surface area (Å²) in [6.07, 6.45) is 3.32. The van der Waals surface area contributed by atoms with Crippen LogP contribution >= 0.6 is 0 Å². The van der Waals surface area contributed by atoms with E-state index in [1.807, 2.05) is 0 Å². The SMILES string of the molecule is Cc1cc(S(=O)(=O)N2C(C(=O)O)CC3CCCCC32)c(F)cc1F. The van der Waals surface area contributed by atoms with Crippen molar-refractivity contribution in [3.63, 3.8) is 0 Å². The van der Waals surface area contributed by atoms with Gasteiger partial charge in [0.25, 0.3) is 0 Å². The van der Waals surface area contributed by atoms with E-state index in [4.69, 9.17) is 0 Å². The summed E-state index contributed by atoms with van der Waals surface area (Å²) in [5.41, 5.74) is 0.00115. The number of benzene rings is 1. The van der Waals surface area contributed by atoms with E-state index in [2.05, 4.69) is 0 Å². The van der Waals surface area contributed by atoms with Gasteiger partial charge >= 0.3 is 5.97 Å². The average molecular weight is 359 g/mol. The van der Waals surface area contributed by atoms with Crippen LogP contribution in [0.2, 0.25) is 0 Å². The fourth-order valence-electron chi connectivity index (χ4n) is 3.92. The van der Waals surface area contributed by atoms with Gasteiger partial charge in [-0.2, -0.15) is 4.31 Å². The summed E-state index contributed by atoms with van der Waals surface area (Å²) >= 11 is 0. The first-order chi connectivity index (χ1) is 11.2. The molecule has 1 saturated carbocycles. The zero-order chi connectivity index (χ0) is 17.6. The number of carboxylic acid groups (broad SMARTS) is 1. The van der Waals surface area contributed by atoms with Crippen LogP contribution in [-0.4, -0.2) is 35.9 Å². The Labute approximate surface area is 139 Å². The Bertz CT molecular complexity index is 781. The number of nitrogens with zero attached hydrogens (tertiary/aromatic N) is 1. The van der Waals surface area contributed by atoms with Crippen LogP contribution in [0.3, 0.4) is 0 Å². The zero-order valence-corrected chi connectivity index (χ0v) is 14.0. The van der Waals surface area contributed by atoms with Gasteiger partial charge in [-0.3, -0.25) is 4.79 Å². The van der Waals surface area contributed by atoms with E-state index in [0.29, 0.717) is 12.5 Å². The summed E-state index contributed by atoms with van der Waals surface area (Å²) in [5.74, 6) is -3.29. The van der Waals surface area contributed by atoms with Crippen molar-refractivity contribution >= 4 is 16.0 Å². The van der Waals surface area contributed by atoms with Crippen molar-refractivity contribution in [1.29, 1.82) is 0 Å². The molecule has 8 heteroatoms. The first-order valence-corrected chi connectivity index (χ1v) is 9.39. The first-order valence-electron chi connectivity index (χ1n) is 7.95. The minimum Gasteiger partial charge on any atom is -0.480 e. The molecule has 1 aromatic rings. The highest BCUT2D eigenvalue weighted by Crippen LogP contribution is 2.43. The number of carbonyl (C=O) groups is 1. The Morgan fingerprint density at radius 2 is 1.88 bits per heavy atom. The number of fused-ring (bicyclic) bond motifs is 1. The van der Waals surface area contributed by atoms with Crippen LogP contribution < -0.4 is 0 Å². The van der Waals surface area contributed by atoms with Crippen LogP contribution in [0.15, 0.2) is 17.0 Å². The Morgan fingerprint density at radius 1 is 1.21 bits per heavy atom. The van der Waals surface area contributed by atoms with Gasteiger partial charge in [0, 0.05) is 12.1 Å². The normalized spacial score (nSPS) is 27.9. The van der Waals surface area contributed by atoms with Gasteiger partial charge in [-0.25, -0.2) is 17.2 Å². The smallest absolute Gasteiger partial charge is 0.322 e. The van der Waals surface area contributed by atoms with Crippen molar-refractivity contribution in [2.24, 2.45) is 5.92 Å². The van der Waals surface area contributed by atoms with Crippen molar-refractivity contribution in [1.82, 2.24) is 4.31 Å². The largest absolute Gasteiger partial charge is 0.480 e. The molecular formula is C16H19F2NO4S. The summed E-state index contributed by atoms with van der Waals surface area (Å²) in [6.45, 7) is 1.34. The molecular weight excluding hydrogens is 340 g/mol. The summed E-state index contributed by atoms with van der Waals surface area (Å²) < 4.78 is 54.5. The minimum atomic E-state index is -4.36. The van der Waals surface area contributed by atoms with Crippen LogP contribution in [0.5, 0.6) is 0 Å². The molecule has 5 nitrogen and oxygen atoms in total. The number of hydrogen-bond acceptors (Lipinski definition) is 3. The van der Waals surface area contributed by atoms with Crippen molar-refractivity contribution in [2.45, 2.75) is 56.0 Å². The Morgan fingerprint density at radius 3 is 2.54 bits per heavy atom. The lowest BCUT2D eigenvalue weighted by Gasteiger charge is -2.32. The molecule has 1 N–H and O–H groups in total. The number of aliphatic carboxylic acids is 1. The van der Waals surface area contributed by atoms with Gasteiger partial charge in [-0.05, 0) is 43.7 Å². The molecule has 0 amide bonds. The predicted octanol–water partition coefficient (Wildman–Crippen LogP) is 2.68. The molecule has 3 atom stereocenters. The van der Waals surface area contributed by atoms with E-state index in [0.717, 1.165) is 29.6 Å². The van der Waals surface area contributed by atoms with Crippen LogP contribution in [0, 0.1) is 24.5 Å². The molecule has 2 fully saturated rings. The number of sulfonamides is 1. The number of carboxylic acids is 1. The summed E-state index contributed by atoms with van der Waals surface area (Å²) in [4.78, 5) is 10.9. The third-order valence-electron chi connectivity index (χ3n) is 5.08. The maximum atomic E-state index is 14.1. The molecule has 24 heavy (non-hydrogen) atoms. The maximum absolute atomic E-state index is 14.1. The van der Waals surface area contributed by atoms with Gasteiger partial charge < -0.3 is 5.11 Å². The predicted molar refractivity (Wildman–Crippen MR) is 81.9 cm³/mol. The number of rotatable bonds is 3. The number of hydrogen-bond donors (Lipinski definition) is 1. The topological polar surface area (TPSA) is 74.7 Å². The zero-order valence-electron chi connectivity index (χ0n) is 13.2. The third-order valence-corrected chi connectivity index (χ3v) is 7.03. The minimum absolute atomic E-state index is 0.00115. The highest BCUT2D eigenvalue weighted by molar-refractivity contribution is 7.89. The van der Waals surface area contributed by atoms with Gasteiger partial charge in [-0.1, -0.05) is 12.8 Å². The maximum Gasteiger partial charge on any atom is 0.322 e. The number of halogens is 2. The molecule has 1 aliphatic heterocycles. The van der Waals surface area contributed by atoms with Crippen molar-refractivity contribution in [3.05, 3.63) is 29.3 Å². The van der Waals surface area contributed by atoms with Crippen LogP contribution in [0.25, 0.3) is 0 Å². The molecule has 0 aromatic heterocycles. The summed E-state index contributed by atoms with van der Waals surface area (Å²) in [7, 11) is -4.36.